The van der Waals surface area contributed by atoms with Gasteiger partial charge < -0.3 is 9.47 Å². The topological polar surface area (TPSA) is 51.3 Å². The average molecular weight is 273 g/mol. The lowest BCUT2D eigenvalue weighted by Crippen LogP contribution is -2.21. The van der Waals surface area contributed by atoms with Gasteiger partial charge in [-0.3, -0.25) is 10.1 Å². The molecule has 0 atom stereocenters. The summed E-state index contributed by atoms with van der Waals surface area (Å²) >= 11 is 0. The number of likely N-dealkylation sites (tertiary alicyclic amines) is 1. The molecule has 106 valence electrons. The molecule has 1 fully saturated rings. The summed E-state index contributed by atoms with van der Waals surface area (Å²) < 4.78 is 2.19. The van der Waals surface area contributed by atoms with Crippen molar-refractivity contribution in [3.8, 4) is 0 Å². The van der Waals surface area contributed by atoms with E-state index in [1.165, 1.54) is 25.9 Å². The predicted octanol–water partition coefficient (Wildman–Crippen LogP) is 3.04. The Hall–Kier alpha value is -1.88. The number of aryl methyl sites for hydroxylation is 1. The quantitative estimate of drug-likeness (QED) is 0.621. The summed E-state index contributed by atoms with van der Waals surface area (Å²) in [5, 5.41) is 11.7. The fourth-order valence-electron chi connectivity index (χ4n) is 2.97. The van der Waals surface area contributed by atoms with Crippen LogP contribution in [0.1, 0.15) is 19.3 Å². The van der Waals surface area contributed by atoms with Crippen LogP contribution in [0.2, 0.25) is 0 Å². The summed E-state index contributed by atoms with van der Waals surface area (Å²) in [4.78, 5) is 12.9. The van der Waals surface area contributed by atoms with Gasteiger partial charge in [0.2, 0.25) is 0 Å². The van der Waals surface area contributed by atoms with Gasteiger partial charge in [0.05, 0.1) is 4.92 Å². The minimum atomic E-state index is -0.343. The molecule has 20 heavy (non-hydrogen) atoms. The molecule has 5 heteroatoms. The van der Waals surface area contributed by atoms with Crippen molar-refractivity contribution in [2.75, 3.05) is 19.6 Å². The Labute approximate surface area is 117 Å². The second kappa shape index (κ2) is 5.63. The zero-order valence-electron chi connectivity index (χ0n) is 11.5. The van der Waals surface area contributed by atoms with Gasteiger partial charge in [-0.25, -0.2) is 0 Å². The van der Waals surface area contributed by atoms with Crippen molar-refractivity contribution >= 4 is 16.6 Å². The monoisotopic (exact) mass is 273 g/mol. The number of nitro groups is 1. The number of nitro benzene ring substituents is 1. The second-order valence-electron chi connectivity index (χ2n) is 5.41. The summed E-state index contributed by atoms with van der Waals surface area (Å²) in [6.45, 7) is 4.59. The first kappa shape index (κ1) is 13.1. The van der Waals surface area contributed by atoms with Crippen molar-refractivity contribution in [2.45, 2.75) is 25.8 Å². The Morgan fingerprint density at radius 1 is 1.15 bits per heavy atom. The third-order valence-corrected chi connectivity index (χ3v) is 4.04. The number of non-ortho nitro benzene ring substituents is 1. The molecule has 0 spiro atoms. The molecule has 2 heterocycles. The second-order valence-corrected chi connectivity index (χ2v) is 5.41. The molecular weight excluding hydrogens is 254 g/mol. The molecule has 0 unspecified atom stereocenters. The third-order valence-electron chi connectivity index (χ3n) is 4.04. The maximum Gasteiger partial charge on any atom is 0.270 e. The van der Waals surface area contributed by atoms with Crippen molar-refractivity contribution in [3.05, 3.63) is 40.6 Å². The van der Waals surface area contributed by atoms with Gasteiger partial charge >= 0.3 is 0 Å². The number of benzene rings is 1. The number of rotatable bonds is 5. The maximum atomic E-state index is 10.8. The van der Waals surface area contributed by atoms with E-state index in [2.05, 4.69) is 9.47 Å². The maximum absolute atomic E-state index is 10.8. The molecule has 1 aromatic carbocycles. The van der Waals surface area contributed by atoms with Crippen LogP contribution in [-0.4, -0.2) is 34.0 Å². The van der Waals surface area contributed by atoms with Gasteiger partial charge in [0.15, 0.2) is 0 Å². The summed E-state index contributed by atoms with van der Waals surface area (Å²) in [5.41, 5.74) is 1.24. The van der Waals surface area contributed by atoms with Crippen molar-refractivity contribution in [1.29, 1.82) is 0 Å². The molecule has 0 N–H and O–H groups in total. The summed E-state index contributed by atoms with van der Waals surface area (Å²) in [7, 11) is 0. The van der Waals surface area contributed by atoms with Crippen LogP contribution in [0.25, 0.3) is 10.9 Å². The smallest absolute Gasteiger partial charge is 0.270 e. The first-order valence-corrected chi connectivity index (χ1v) is 7.20. The molecule has 3 rings (SSSR count). The van der Waals surface area contributed by atoms with Gasteiger partial charge in [-0.15, -0.1) is 0 Å². The van der Waals surface area contributed by atoms with E-state index < -0.39 is 0 Å². The lowest BCUT2D eigenvalue weighted by Gasteiger charge is -2.14. The van der Waals surface area contributed by atoms with Gasteiger partial charge in [0, 0.05) is 35.8 Å². The van der Waals surface area contributed by atoms with Crippen LogP contribution in [-0.2, 0) is 6.54 Å². The lowest BCUT2D eigenvalue weighted by molar-refractivity contribution is -0.384. The minimum Gasteiger partial charge on any atom is -0.347 e. The Morgan fingerprint density at radius 3 is 2.70 bits per heavy atom. The normalized spacial score (nSPS) is 16.0. The highest BCUT2D eigenvalue weighted by Gasteiger charge is 2.11. The molecule has 0 radical (unpaired) electrons. The lowest BCUT2D eigenvalue weighted by atomic mass is 10.2. The molecule has 2 aromatic rings. The standard InChI is InChI=1S/C15H19N3O2/c19-18(20)14-4-5-15-13(12-14)6-11-17(15)10-3-9-16-7-1-2-8-16/h4-6,11-12H,1-3,7-10H2. The molecule has 0 bridgehead atoms. The molecular formula is C15H19N3O2. The Kier molecular flexibility index (Phi) is 3.69. The largest absolute Gasteiger partial charge is 0.347 e. The molecule has 1 aromatic heterocycles. The zero-order valence-corrected chi connectivity index (χ0v) is 11.5. The SMILES string of the molecule is O=[N+]([O-])c1ccc2c(ccn2CCCN2CCCC2)c1. The highest BCUT2D eigenvalue weighted by Crippen LogP contribution is 2.22. The van der Waals surface area contributed by atoms with Crippen molar-refractivity contribution < 1.29 is 4.92 Å². The number of fused-ring (bicyclic) bond motifs is 1. The molecule has 1 saturated heterocycles. The van der Waals surface area contributed by atoms with Gasteiger partial charge in [-0.05, 0) is 51.0 Å². The van der Waals surface area contributed by atoms with Crippen molar-refractivity contribution in [2.24, 2.45) is 0 Å². The number of hydrogen-bond acceptors (Lipinski definition) is 3. The van der Waals surface area contributed by atoms with Gasteiger partial charge in [-0.2, -0.15) is 0 Å². The molecule has 0 saturated carbocycles. The average Bonchev–Trinajstić information content (AvgIpc) is 3.08. The van der Waals surface area contributed by atoms with E-state index in [9.17, 15) is 10.1 Å². The highest BCUT2D eigenvalue weighted by atomic mass is 16.6. The van der Waals surface area contributed by atoms with Crippen LogP contribution >= 0.6 is 0 Å². The number of aromatic nitrogens is 1. The van der Waals surface area contributed by atoms with E-state index >= 15 is 0 Å². The first-order chi connectivity index (χ1) is 9.74. The van der Waals surface area contributed by atoms with E-state index in [0.29, 0.717) is 0 Å². The van der Waals surface area contributed by atoms with E-state index in [1.54, 1.807) is 12.1 Å². The fourth-order valence-corrected chi connectivity index (χ4v) is 2.97. The van der Waals surface area contributed by atoms with Crippen LogP contribution < -0.4 is 0 Å². The van der Waals surface area contributed by atoms with E-state index in [-0.39, 0.29) is 10.6 Å². The zero-order chi connectivity index (χ0) is 13.9. The molecule has 0 aliphatic carbocycles. The molecule has 5 nitrogen and oxygen atoms in total. The van der Waals surface area contributed by atoms with Gasteiger partial charge in [0.25, 0.3) is 5.69 Å². The number of hydrogen-bond donors (Lipinski definition) is 0. The fraction of sp³-hybridized carbons (Fsp3) is 0.467. The summed E-state index contributed by atoms with van der Waals surface area (Å²) in [6, 6.07) is 7.03. The van der Waals surface area contributed by atoms with Crippen LogP contribution in [0.4, 0.5) is 5.69 Å². The molecule has 1 aliphatic heterocycles. The van der Waals surface area contributed by atoms with Gasteiger partial charge in [-0.1, -0.05) is 0 Å². The summed E-state index contributed by atoms with van der Waals surface area (Å²) in [5.74, 6) is 0. The third kappa shape index (κ3) is 2.67. The molecule has 1 aliphatic rings. The van der Waals surface area contributed by atoms with E-state index in [4.69, 9.17) is 0 Å². The first-order valence-electron chi connectivity index (χ1n) is 7.20. The molecule has 0 amide bonds. The van der Waals surface area contributed by atoms with Crippen molar-refractivity contribution in [1.82, 2.24) is 9.47 Å². The van der Waals surface area contributed by atoms with Crippen LogP contribution in [0.15, 0.2) is 30.5 Å². The summed E-state index contributed by atoms with van der Waals surface area (Å²) in [6.07, 6.45) is 5.81. The van der Waals surface area contributed by atoms with E-state index in [1.807, 2.05) is 18.3 Å². The highest BCUT2D eigenvalue weighted by molar-refractivity contribution is 5.82. The number of nitrogens with zero attached hydrogens (tertiary/aromatic N) is 3. The Bertz CT molecular complexity index is 615. The predicted molar refractivity (Wildman–Crippen MR) is 78.9 cm³/mol. The van der Waals surface area contributed by atoms with Crippen LogP contribution in [0.5, 0.6) is 0 Å². The Morgan fingerprint density at radius 2 is 1.95 bits per heavy atom. The van der Waals surface area contributed by atoms with Crippen LogP contribution in [0, 0.1) is 10.1 Å². The van der Waals surface area contributed by atoms with E-state index in [0.717, 1.165) is 30.4 Å². The minimum absolute atomic E-state index is 0.160. The Balaban J connectivity index is 1.67. The van der Waals surface area contributed by atoms with Gasteiger partial charge in [0.1, 0.15) is 0 Å². The van der Waals surface area contributed by atoms with Crippen LogP contribution in [0.3, 0.4) is 0 Å². The van der Waals surface area contributed by atoms with Crippen molar-refractivity contribution in [3.63, 3.8) is 0 Å².